The first-order valence-corrected chi connectivity index (χ1v) is 9.35. The van der Waals surface area contributed by atoms with Crippen LogP contribution in [0.2, 0.25) is 0 Å². The molecule has 0 atom stereocenters. The summed E-state index contributed by atoms with van der Waals surface area (Å²) in [5.41, 5.74) is 6.47. The minimum atomic E-state index is 0.674. The van der Waals surface area contributed by atoms with Gasteiger partial charge in [-0.1, -0.05) is 18.2 Å². The Labute approximate surface area is 165 Å². The van der Waals surface area contributed by atoms with Crippen LogP contribution in [0, 0.1) is 6.92 Å². The number of hydrogen-bond acceptors (Lipinski definition) is 5. The molecular formula is C23H24N4O. The molecule has 0 radical (unpaired) electrons. The average Bonchev–Trinajstić information content (AvgIpc) is 2.70. The third-order valence-electron chi connectivity index (χ3n) is 4.89. The van der Waals surface area contributed by atoms with Gasteiger partial charge in [-0.15, -0.1) is 0 Å². The molecule has 0 amide bonds. The minimum Gasteiger partial charge on any atom is -0.497 e. The second-order valence-corrected chi connectivity index (χ2v) is 7.15. The van der Waals surface area contributed by atoms with Crippen molar-refractivity contribution in [2.24, 2.45) is 0 Å². The molecule has 0 saturated carbocycles. The van der Waals surface area contributed by atoms with Crippen LogP contribution < -0.4 is 15.4 Å². The van der Waals surface area contributed by atoms with Gasteiger partial charge >= 0.3 is 0 Å². The highest BCUT2D eigenvalue weighted by molar-refractivity contribution is 5.92. The van der Waals surface area contributed by atoms with Crippen molar-refractivity contribution >= 4 is 16.7 Å². The van der Waals surface area contributed by atoms with Gasteiger partial charge in [-0.05, 0) is 62.2 Å². The van der Waals surface area contributed by atoms with Gasteiger partial charge in [0.15, 0.2) is 5.82 Å². The lowest BCUT2D eigenvalue weighted by molar-refractivity contribution is 0.415. The summed E-state index contributed by atoms with van der Waals surface area (Å²) < 4.78 is 5.37. The maximum atomic E-state index is 5.37. The molecule has 2 aromatic carbocycles. The van der Waals surface area contributed by atoms with Gasteiger partial charge in [-0.25, -0.2) is 9.97 Å². The Morgan fingerprint density at radius 3 is 2.71 bits per heavy atom. The highest BCUT2D eigenvalue weighted by Crippen LogP contribution is 2.29. The summed E-state index contributed by atoms with van der Waals surface area (Å²) in [7, 11) is 1.66. The summed E-state index contributed by atoms with van der Waals surface area (Å²) >= 11 is 0. The predicted octanol–water partition coefficient (Wildman–Crippen LogP) is 4.81. The molecule has 0 unspecified atom stereocenters. The van der Waals surface area contributed by atoms with Crippen molar-refractivity contribution in [3.63, 3.8) is 0 Å². The zero-order chi connectivity index (χ0) is 19.7. The first-order valence-electron chi connectivity index (χ1n) is 9.35. The number of allylic oxidation sites excluding steroid dienone is 2. The van der Waals surface area contributed by atoms with E-state index in [9.17, 15) is 0 Å². The lowest BCUT2D eigenvalue weighted by atomic mass is 10.1. The summed E-state index contributed by atoms with van der Waals surface area (Å²) in [4.78, 5) is 9.69. The molecule has 0 saturated heterocycles. The monoisotopic (exact) mass is 372 g/mol. The number of dihydropyridines is 1. The fraction of sp³-hybridized carbons (Fsp3) is 0.217. The van der Waals surface area contributed by atoms with Crippen molar-refractivity contribution in [3.05, 3.63) is 71.1 Å². The SMILES string of the molecule is COc1cccc(-c2nc(NC3=C(C)CNC(C)=C3)c3ccc(C)cc3n2)c1. The maximum absolute atomic E-state index is 5.37. The molecule has 1 aromatic heterocycles. The zero-order valence-corrected chi connectivity index (χ0v) is 16.6. The van der Waals surface area contributed by atoms with Crippen LogP contribution in [-0.2, 0) is 0 Å². The summed E-state index contributed by atoms with van der Waals surface area (Å²) in [5, 5.41) is 7.90. The van der Waals surface area contributed by atoms with E-state index >= 15 is 0 Å². The number of ether oxygens (including phenoxy) is 1. The Balaban J connectivity index is 1.87. The number of nitrogens with one attached hydrogen (secondary N) is 2. The fourth-order valence-corrected chi connectivity index (χ4v) is 3.25. The van der Waals surface area contributed by atoms with Crippen LogP contribution in [0.4, 0.5) is 5.82 Å². The lowest BCUT2D eigenvalue weighted by Crippen LogP contribution is -2.21. The number of benzene rings is 2. The molecule has 0 fully saturated rings. The zero-order valence-electron chi connectivity index (χ0n) is 16.6. The van der Waals surface area contributed by atoms with Gasteiger partial charge < -0.3 is 15.4 Å². The van der Waals surface area contributed by atoms with E-state index in [4.69, 9.17) is 14.7 Å². The van der Waals surface area contributed by atoms with Gasteiger partial charge in [-0.2, -0.15) is 0 Å². The maximum Gasteiger partial charge on any atom is 0.162 e. The Bertz CT molecular complexity index is 1110. The number of aromatic nitrogens is 2. The third-order valence-corrected chi connectivity index (χ3v) is 4.89. The average molecular weight is 372 g/mol. The van der Waals surface area contributed by atoms with Crippen LogP contribution >= 0.6 is 0 Å². The van der Waals surface area contributed by atoms with Crippen LogP contribution in [0.3, 0.4) is 0 Å². The van der Waals surface area contributed by atoms with Gasteiger partial charge in [-0.3, -0.25) is 0 Å². The number of methoxy groups -OCH3 is 1. The highest BCUT2D eigenvalue weighted by Gasteiger charge is 2.14. The van der Waals surface area contributed by atoms with Gasteiger partial charge in [0.05, 0.1) is 12.6 Å². The van der Waals surface area contributed by atoms with Crippen LogP contribution in [0.25, 0.3) is 22.3 Å². The normalized spacial score (nSPS) is 13.9. The van der Waals surface area contributed by atoms with Crippen molar-refractivity contribution in [1.29, 1.82) is 0 Å². The summed E-state index contributed by atoms with van der Waals surface area (Å²) in [6, 6.07) is 14.1. The van der Waals surface area contributed by atoms with Crippen LogP contribution in [0.15, 0.2) is 65.5 Å². The summed E-state index contributed by atoms with van der Waals surface area (Å²) in [5.74, 6) is 2.27. The number of anilines is 1. The molecule has 4 rings (SSSR count). The Morgan fingerprint density at radius 1 is 1.04 bits per heavy atom. The number of hydrogen-bond donors (Lipinski definition) is 2. The first kappa shape index (κ1) is 18.0. The first-order chi connectivity index (χ1) is 13.5. The van der Waals surface area contributed by atoms with E-state index in [1.54, 1.807) is 7.11 Å². The van der Waals surface area contributed by atoms with Gasteiger partial charge in [0, 0.05) is 28.9 Å². The van der Waals surface area contributed by atoms with Crippen LogP contribution in [0.5, 0.6) is 5.75 Å². The van der Waals surface area contributed by atoms with E-state index in [1.165, 1.54) is 11.1 Å². The Morgan fingerprint density at radius 2 is 1.89 bits per heavy atom. The largest absolute Gasteiger partial charge is 0.497 e. The Kier molecular flexibility index (Phi) is 4.74. The lowest BCUT2D eigenvalue weighted by Gasteiger charge is -2.20. The molecule has 2 heterocycles. The predicted molar refractivity (Wildman–Crippen MR) is 114 cm³/mol. The fourth-order valence-electron chi connectivity index (χ4n) is 3.25. The summed E-state index contributed by atoms with van der Waals surface area (Å²) in [6.45, 7) is 7.09. The van der Waals surface area contributed by atoms with Crippen molar-refractivity contribution < 1.29 is 4.74 Å². The molecular weight excluding hydrogens is 348 g/mol. The molecule has 1 aliphatic heterocycles. The molecule has 5 heteroatoms. The van der Waals surface area contributed by atoms with E-state index in [1.807, 2.05) is 24.3 Å². The van der Waals surface area contributed by atoms with Crippen molar-refractivity contribution in [2.45, 2.75) is 20.8 Å². The molecule has 0 spiro atoms. The van der Waals surface area contributed by atoms with Crippen LogP contribution in [-0.4, -0.2) is 23.6 Å². The smallest absolute Gasteiger partial charge is 0.162 e. The second kappa shape index (κ2) is 7.35. The van der Waals surface area contributed by atoms with E-state index in [2.05, 4.69) is 55.7 Å². The number of fused-ring (bicyclic) bond motifs is 1. The molecule has 2 N–H and O–H groups in total. The molecule has 3 aromatic rings. The summed E-state index contributed by atoms with van der Waals surface area (Å²) in [6.07, 6.45) is 2.12. The molecule has 1 aliphatic rings. The standard InChI is InChI=1S/C23H24N4O/c1-14-8-9-19-21(10-14)26-22(17-6-5-7-18(12-17)28-4)27-23(19)25-20-11-16(3)24-13-15(20)2/h5-12,24H,13H2,1-4H3,(H,25,26,27). The molecule has 142 valence electrons. The molecule has 0 aliphatic carbocycles. The number of rotatable bonds is 4. The van der Waals surface area contributed by atoms with E-state index in [0.29, 0.717) is 5.82 Å². The van der Waals surface area contributed by atoms with Crippen molar-refractivity contribution in [3.8, 4) is 17.1 Å². The van der Waals surface area contributed by atoms with E-state index in [0.717, 1.165) is 46.0 Å². The second-order valence-electron chi connectivity index (χ2n) is 7.15. The van der Waals surface area contributed by atoms with E-state index < -0.39 is 0 Å². The molecule has 5 nitrogen and oxygen atoms in total. The van der Waals surface area contributed by atoms with Gasteiger partial charge in [0.1, 0.15) is 11.6 Å². The third kappa shape index (κ3) is 3.56. The van der Waals surface area contributed by atoms with Gasteiger partial charge in [0.2, 0.25) is 0 Å². The highest BCUT2D eigenvalue weighted by atomic mass is 16.5. The molecule has 28 heavy (non-hydrogen) atoms. The van der Waals surface area contributed by atoms with Crippen LogP contribution in [0.1, 0.15) is 19.4 Å². The number of nitrogens with zero attached hydrogens (tertiary/aromatic N) is 2. The van der Waals surface area contributed by atoms with Crippen molar-refractivity contribution in [1.82, 2.24) is 15.3 Å². The Hall–Kier alpha value is -3.34. The van der Waals surface area contributed by atoms with E-state index in [-0.39, 0.29) is 0 Å². The molecule has 0 bridgehead atoms. The minimum absolute atomic E-state index is 0.674. The van der Waals surface area contributed by atoms with Crippen molar-refractivity contribution in [2.75, 3.05) is 19.0 Å². The quantitative estimate of drug-likeness (QED) is 0.688. The topological polar surface area (TPSA) is 59.1 Å². The number of aryl methyl sites for hydroxylation is 1. The van der Waals surface area contributed by atoms with Gasteiger partial charge in [0.25, 0.3) is 0 Å².